The van der Waals surface area contributed by atoms with Gasteiger partial charge in [0.2, 0.25) is 11.8 Å². The minimum absolute atomic E-state index is 0.258. The zero-order valence-electron chi connectivity index (χ0n) is 18.4. The van der Waals surface area contributed by atoms with Gasteiger partial charge in [-0.3, -0.25) is 14.4 Å². The Kier molecular flexibility index (Phi) is 6.98. The number of hydrogen-bond donors (Lipinski definition) is 3. The maximum absolute atomic E-state index is 13.1. The zero-order chi connectivity index (χ0) is 23.2. The van der Waals surface area contributed by atoms with E-state index in [0.29, 0.717) is 25.0 Å². The summed E-state index contributed by atoms with van der Waals surface area (Å²) in [5, 5.41) is 6.78. The Morgan fingerprint density at radius 1 is 0.939 bits per heavy atom. The monoisotopic (exact) mass is 444 g/mol. The molecule has 0 bridgehead atoms. The van der Waals surface area contributed by atoms with Gasteiger partial charge in [0.1, 0.15) is 11.7 Å². The SMILES string of the molecule is NC(=O)C(Cc1ccccc1)NC(=O)C1CCCCC1NC(=O)c1ccc2ccccc2n1. The molecule has 1 aliphatic rings. The molecule has 0 spiro atoms. The van der Waals surface area contributed by atoms with E-state index < -0.39 is 17.9 Å². The number of carbonyl (C=O) groups is 3. The molecule has 33 heavy (non-hydrogen) atoms. The second-order valence-electron chi connectivity index (χ2n) is 8.51. The van der Waals surface area contributed by atoms with E-state index in [4.69, 9.17) is 5.73 Å². The molecule has 4 rings (SSSR count). The Morgan fingerprint density at radius 3 is 2.45 bits per heavy atom. The molecule has 1 saturated carbocycles. The highest BCUT2D eigenvalue weighted by Gasteiger charge is 2.34. The first-order valence-corrected chi connectivity index (χ1v) is 11.3. The summed E-state index contributed by atoms with van der Waals surface area (Å²) in [6.45, 7) is 0. The zero-order valence-corrected chi connectivity index (χ0v) is 18.4. The van der Waals surface area contributed by atoms with Gasteiger partial charge in [-0.25, -0.2) is 4.98 Å². The summed E-state index contributed by atoms with van der Waals surface area (Å²) < 4.78 is 0. The minimum atomic E-state index is -0.805. The van der Waals surface area contributed by atoms with Crippen molar-refractivity contribution >= 4 is 28.6 Å². The summed E-state index contributed by atoms with van der Waals surface area (Å²) >= 11 is 0. The molecular weight excluding hydrogens is 416 g/mol. The number of aromatic nitrogens is 1. The number of pyridine rings is 1. The molecule has 1 fully saturated rings. The number of hydrogen-bond acceptors (Lipinski definition) is 4. The van der Waals surface area contributed by atoms with E-state index in [1.54, 1.807) is 6.07 Å². The van der Waals surface area contributed by atoms with Crippen LogP contribution in [0.2, 0.25) is 0 Å². The number of amides is 3. The topological polar surface area (TPSA) is 114 Å². The van der Waals surface area contributed by atoms with Crippen LogP contribution in [0.1, 0.15) is 41.7 Å². The van der Waals surface area contributed by atoms with Gasteiger partial charge >= 0.3 is 0 Å². The molecule has 1 heterocycles. The molecule has 3 aromatic rings. The van der Waals surface area contributed by atoms with Crippen LogP contribution in [-0.2, 0) is 16.0 Å². The molecule has 0 radical (unpaired) electrons. The van der Waals surface area contributed by atoms with Crippen LogP contribution in [0.15, 0.2) is 66.7 Å². The van der Waals surface area contributed by atoms with Crippen molar-refractivity contribution in [2.45, 2.75) is 44.2 Å². The van der Waals surface area contributed by atoms with Crippen molar-refractivity contribution < 1.29 is 14.4 Å². The third-order valence-corrected chi connectivity index (χ3v) is 6.19. The largest absolute Gasteiger partial charge is 0.368 e. The van der Waals surface area contributed by atoms with Crippen LogP contribution in [-0.4, -0.2) is 34.8 Å². The molecule has 4 N–H and O–H groups in total. The first-order valence-electron chi connectivity index (χ1n) is 11.3. The maximum atomic E-state index is 13.1. The van der Waals surface area contributed by atoms with Gasteiger partial charge in [0, 0.05) is 17.8 Å². The number of nitrogens with zero attached hydrogens (tertiary/aromatic N) is 1. The van der Waals surface area contributed by atoms with E-state index in [1.165, 1.54) is 0 Å². The van der Waals surface area contributed by atoms with E-state index in [0.717, 1.165) is 29.3 Å². The van der Waals surface area contributed by atoms with Crippen LogP contribution in [0.3, 0.4) is 0 Å². The van der Waals surface area contributed by atoms with E-state index in [1.807, 2.05) is 60.7 Å². The number of primary amides is 1. The van der Waals surface area contributed by atoms with Crippen molar-refractivity contribution in [1.82, 2.24) is 15.6 Å². The average molecular weight is 445 g/mol. The van der Waals surface area contributed by atoms with Gasteiger partial charge in [0.25, 0.3) is 5.91 Å². The molecule has 7 nitrogen and oxygen atoms in total. The number of benzene rings is 2. The molecule has 7 heteroatoms. The third kappa shape index (κ3) is 5.55. The lowest BCUT2D eigenvalue weighted by Crippen LogP contribution is -2.53. The standard InChI is InChI=1S/C26H28N4O3/c27-24(31)23(16-17-8-2-1-3-9-17)30-25(32)19-11-5-7-13-21(19)29-26(33)22-15-14-18-10-4-6-12-20(18)28-22/h1-4,6,8-10,12,14-15,19,21,23H,5,7,11,13,16H2,(H2,27,31)(H,29,33)(H,30,32). The van der Waals surface area contributed by atoms with Gasteiger partial charge in [-0.05, 0) is 30.5 Å². The van der Waals surface area contributed by atoms with Crippen molar-refractivity contribution in [2.24, 2.45) is 11.7 Å². The first kappa shape index (κ1) is 22.5. The predicted octanol–water partition coefficient (Wildman–Crippen LogP) is 2.74. The highest BCUT2D eigenvalue weighted by Crippen LogP contribution is 2.25. The normalized spacial score (nSPS) is 18.9. The quantitative estimate of drug-likeness (QED) is 0.520. The molecule has 1 aromatic heterocycles. The van der Waals surface area contributed by atoms with Crippen LogP contribution in [0.4, 0.5) is 0 Å². The summed E-state index contributed by atoms with van der Waals surface area (Å²) in [4.78, 5) is 42.5. The fraction of sp³-hybridized carbons (Fsp3) is 0.308. The van der Waals surface area contributed by atoms with Gasteiger partial charge in [-0.15, -0.1) is 0 Å². The van der Waals surface area contributed by atoms with Crippen molar-refractivity contribution in [3.05, 3.63) is 78.0 Å². The minimum Gasteiger partial charge on any atom is -0.368 e. The second-order valence-corrected chi connectivity index (χ2v) is 8.51. The van der Waals surface area contributed by atoms with E-state index in [-0.39, 0.29) is 17.9 Å². The summed E-state index contributed by atoms with van der Waals surface area (Å²) in [6, 6.07) is 19.5. The first-order chi connectivity index (χ1) is 16.0. The molecular formula is C26H28N4O3. The summed E-state index contributed by atoms with van der Waals surface area (Å²) in [5.74, 6) is -1.57. The molecule has 3 unspecified atom stereocenters. The highest BCUT2D eigenvalue weighted by atomic mass is 16.2. The number of rotatable bonds is 7. The third-order valence-electron chi connectivity index (χ3n) is 6.19. The van der Waals surface area contributed by atoms with Gasteiger partial charge < -0.3 is 16.4 Å². The van der Waals surface area contributed by atoms with Crippen molar-refractivity contribution in [3.8, 4) is 0 Å². The lowest BCUT2D eigenvalue weighted by Gasteiger charge is -2.32. The summed E-state index contributed by atoms with van der Waals surface area (Å²) in [6.07, 6.45) is 3.46. The van der Waals surface area contributed by atoms with E-state index >= 15 is 0 Å². The lowest BCUT2D eigenvalue weighted by molar-refractivity contribution is -0.131. The fourth-order valence-corrected chi connectivity index (χ4v) is 4.40. The predicted molar refractivity (Wildman–Crippen MR) is 126 cm³/mol. The molecule has 3 atom stereocenters. The van der Waals surface area contributed by atoms with Crippen LogP contribution >= 0.6 is 0 Å². The van der Waals surface area contributed by atoms with Crippen LogP contribution < -0.4 is 16.4 Å². The number of fused-ring (bicyclic) bond motifs is 1. The van der Waals surface area contributed by atoms with Crippen LogP contribution in [0, 0.1) is 5.92 Å². The van der Waals surface area contributed by atoms with E-state index in [9.17, 15) is 14.4 Å². The number of carbonyl (C=O) groups excluding carboxylic acids is 3. The Hall–Kier alpha value is -3.74. The Balaban J connectivity index is 1.44. The molecule has 2 aromatic carbocycles. The Bertz CT molecular complexity index is 1150. The Morgan fingerprint density at radius 2 is 1.67 bits per heavy atom. The van der Waals surface area contributed by atoms with Crippen LogP contribution in [0.25, 0.3) is 10.9 Å². The van der Waals surface area contributed by atoms with E-state index in [2.05, 4.69) is 15.6 Å². The number of nitrogens with two attached hydrogens (primary N) is 1. The maximum Gasteiger partial charge on any atom is 0.270 e. The van der Waals surface area contributed by atoms with Crippen LogP contribution in [0.5, 0.6) is 0 Å². The smallest absolute Gasteiger partial charge is 0.270 e. The van der Waals surface area contributed by atoms with Gasteiger partial charge in [-0.2, -0.15) is 0 Å². The average Bonchev–Trinajstić information content (AvgIpc) is 2.84. The fourth-order valence-electron chi connectivity index (χ4n) is 4.40. The molecule has 1 aliphatic carbocycles. The van der Waals surface area contributed by atoms with Gasteiger partial charge in [-0.1, -0.05) is 67.4 Å². The lowest BCUT2D eigenvalue weighted by atomic mass is 9.83. The summed E-state index contributed by atoms with van der Waals surface area (Å²) in [5.41, 5.74) is 7.54. The van der Waals surface area contributed by atoms with Crippen molar-refractivity contribution in [3.63, 3.8) is 0 Å². The number of nitrogens with one attached hydrogen (secondary N) is 2. The van der Waals surface area contributed by atoms with Gasteiger partial charge in [0.05, 0.1) is 11.4 Å². The highest BCUT2D eigenvalue weighted by molar-refractivity contribution is 5.95. The second kappa shape index (κ2) is 10.3. The molecule has 3 amide bonds. The molecule has 0 aliphatic heterocycles. The Labute approximate surface area is 192 Å². The van der Waals surface area contributed by atoms with Gasteiger partial charge in [0.15, 0.2) is 0 Å². The summed E-state index contributed by atoms with van der Waals surface area (Å²) in [7, 11) is 0. The van der Waals surface area contributed by atoms with Crippen molar-refractivity contribution in [2.75, 3.05) is 0 Å². The molecule has 170 valence electrons. The van der Waals surface area contributed by atoms with Crippen molar-refractivity contribution in [1.29, 1.82) is 0 Å². The number of para-hydroxylation sites is 1. The molecule has 0 saturated heterocycles.